The standard InChI is InChI=1S/C23H19F3N2OS/c1-3-20-21(28-14-4-5-19(22(28)27-20)23(24,25)26)17-8-6-15(7-9-17)16-10-12-18(13-11-16)30(2)29/h4-14H,3H2,1-2H3. The van der Waals surface area contributed by atoms with Gasteiger partial charge in [0.05, 0.1) is 17.0 Å². The van der Waals surface area contributed by atoms with Gasteiger partial charge in [-0.15, -0.1) is 0 Å². The van der Waals surface area contributed by atoms with E-state index in [-0.39, 0.29) is 5.65 Å². The van der Waals surface area contributed by atoms with Gasteiger partial charge < -0.3 is 0 Å². The van der Waals surface area contributed by atoms with E-state index in [1.54, 1.807) is 12.5 Å². The van der Waals surface area contributed by atoms with E-state index >= 15 is 0 Å². The second kappa shape index (κ2) is 7.72. The van der Waals surface area contributed by atoms with Gasteiger partial charge >= 0.3 is 6.18 Å². The van der Waals surface area contributed by atoms with Gasteiger partial charge in [0.1, 0.15) is 5.65 Å². The molecule has 154 valence electrons. The number of aryl methyl sites for hydroxylation is 1. The summed E-state index contributed by atoms with van der Waals surface area (Å²) in [6.45, 7) is 1.88. The van der Waals surface area contributed by atoms with Crippen LogP contribution in [0, 0.1) is 0 Å². The van der Waals surface area contributed by atoms with E-state index in [9.17, 15) is 17.4 Å². The summed E-state index contributed by atoms with van der Waals surface area (Å²) < 4.78 is 53.3. The third kappa shape index (κ3) is 3.65. The Hall–Kier alpha value is -2.93. The number of fused-ring (bicyclic) bond motifs is 1. The molecule has 0 saturated heterocycles. The van der Waals surface area contributed by atoms with Crippen LogP contribution in [0.1, 0.15) is 18.2 Å². The summed E-state index contributed by atoms with van der Waals surface area (Å²) in [7, 11) is -1.03. The van der Waals surface area contributed by atoms with E-state index in [1.165, 1.54) is 10.5 Å². The number of rotatable bonds is 4. The van der Waals surface area contributed by atoms with Crippen molar-refractivity contribution in [3.63, 3.8) is 0 Å². The molecule has 3 nitrogen and oxygen atoms in total. The predicted octanol–water partition coefficient (Wildman–Crippen LogP) is 5.99. The Morgan fingerprint density at radius 2 is 1.50 bits per heavy atom. The highest BCUT2D eigenvalue weighted by Gasteiger charge is 2.34. The highest BCUT2D eigenvalue weighted by atomic mass is 32.2. The highest BCUT2D eigenvalue weighted by Crippen LogP contribution is 2.35. The van der Waals surface area contributed by atoms with Crippen molar-refractivity contribution in [2.24, 2.45) is 0 Å². The normalized spacial score (nSPS) is 13.0. The summed E-state index contributed by atoms with van der Waals surface area (Å²) in [6.07, 6.45) is -0.696. The molecule has 0 aliphatic heterocycles. The van der Waals surface area contributed by atoms with Gasteiger partial charge in [-0.05, 0) is 41.8 Å². The zero-order valence-electron chi connectivity index (χ0n) is 16.4. The van der Waals surface area contributed by atoms with Crippen molar-refractivity contribution in [2.75, 3.05) is 6.26 Å². The summed E-state index contributed by atoms with van der Waals surface area (Å²) in [5, 5.41) is 0. The number of pyridine rings is 1. The Labute approximate surface area is 174 Å². The average molecular weight is 428 g/mol. The van der Waals surface area contributed by atoms with Gasteiger partial charge in [0.15, 0.2) is 0 Å². The lowest BCUT2D eigenvalue weighted by molar-refractivity contribution is -0.136. The first-order valence-corrected chi connectivity index (χ1v) is 11.0. The Balaban J connectivity index is 1.78. The maximum atomic E-state index is 13.4. The molecule has 2 aromatic heterocycles. The topological polar surface area (TPSA) is 34.4 Å². The molecule has 1 atom stereocenters. The molecule has 4 aromatic rings. The Morgan fingerprint density at radius 3 is 2.03 bits per heavy atom. The highest BCUT2D eigenvalue weighted by molar-refractivity contribution is 7.84. The van der Waals surface area contributed by atoms with Crippen LogP contribution in [-0.2, 0) is 23.4 Å². The maximum Gasteiger partial charge on any atom is 0.419 e. The Kier molecular flexibility index (Phi) is 5.24. The van der Waals surface area contributed by atoms with Gasteiger partial charge in [0.25, 0.3) is 0 Å². The molecule has 0 spiro atoms. The van der Waals surface area contributed by atoms with Crippen LogP contribution in [0.4, 0.5) is 13.2 Å². The first-order chi connectivity index (χ1) is 14.3. The van der Waals surface area contributed by atoms with Gasteiger partial charge in [-0.3, -0.25) is 8.61 Å². The molecule has 2 heterocycles. The van der Waals surface area contributed by atoms with Crippen LogP contribution >= 0.6 is 0 Å². The SMILES string of the molecule is CCc1nc2c(C(F)(F)F)cccn2c1-c1ccc(-c2ccc(S(C)=O)cc2)cc1. The number of nitrogens with zero attached hydrogens (tertiary/aromatic N) is 2. The molecule has 30 heavy (non-hydrogen) atoms. The molecule has 7 heteroatoms. The van der Waals surface area contributed by atoms with Gasteiger partial charge in [0, 0.05) is 33.7 Å². The minimum absolute atomic E-state index is 0.0796. The van der Waals surface area contributed by atoms with Crippen molar-refractivity contribution in [3.05, 3.63) is 78.1 Å². The molecular formula is C23H19F3N2OS. The zero-order chi connectivity index (χ0) is 21.5. The lowest BCUT2D eigenvalue weighted by atomic mass is 10.0. The van der Waals surface area contributed by atoms with Crippen LogP contribution in [0.2, 0.25) is 0 Å². The van der Waals surface area contributed by atoms with E-state index in [4.69, 9.17) is 0 Å². The lowest BCUT2D eigenvalue weighted by Gasteiger charge is -2.10. The minimum atomic E-state index is -4.46. The van der Waals surface area contributed by atoms with Crippen molar-refractivity contribution in [1.82, 2.24) is 9.38 Å². The molecule has 0 bridgehead atoms. The summed E-state index contributed by atoms with van der Waals surface area (Å²) in [4.78, 5) is 5.05. The fraction of sp³-hybridized carbons (Fsp3) is 0.174. The molecular weight excluding hydrogens is 409 g/mol. The van der Waals surface area contributed by atoms with Gasteiger partial charge in [-0.2, -0.15) is 13.2 Å². The number of imidazole rings is 1. The average Bonchev–Trinajstić information content (AvgIpc) is 3.12. The third-order valence-corrected chi connectivity index (χ3v) is 5.98. The summed E-state index contributed by atoms with van der Waals surface area (Å²) >= 11 is 0. The van der Waals surface area contributed by atoms with Crippen LogP contribution in [0.5, 0.6) is 0 Å². The van der Waals surface area contributed by atoms with Crippen LogP contribution in [0.15, 0.2) is 71.8 Å². The fourth-order valence-corrected chi connectivity index (χ4v) is 4.07. The second-order valence-electron chi connectivity index (χ2n) is 6.93. The summed E-state index contributed by atoms with van der Waals surface area (Å²) in [5.41, 5.74) is 3.21. The number of hydrogen-bond acceptors (Lipinski definition) is 2. The fourth-order valence-electron chi connectivity index (χ4n) is 3.55. The molecule has 0 aliphatic carbocycles. The van der Waals surface area contributed by atoms with Crippen LogP contribution in [0.3, 0.4) is 0 Å². The second-order valence-corrected chi connectivity index (χ2v) is 8.31. The number of halogens is 3. The minimum Gasteiger partial charge on any atom is -0.299 e. The number of benzene rings is 2. The number of alkyl halides is 3. The van der Waals surface area contributed by atoms with Gasteiger partial charge in [-0.25, -0.2) is 4.98 Å². The predicted molar refractivity (Wildman–Crippen MR) is 113 cm³/mol. The van der Waals surface area contributed by atoms with E-state index in [1.807, 2.05) is 55.5 Å². The summed E-state index contributed by atoms with van der Waals surface area (Å²) in [6, 6.07) is 17.6. The van der Waals surface area contributed by atoms with Crippen LogP contribution < -0.4 is 0 Å². The van der Waals surface area contributed by atoms with E-state index in [0.717, 1.165) is 27.7 Å². The van der Waals surface area contributed by atoms with Gasteiger partial charge in [0.2, 0.25) is 0 Å². The first kappa shape index (κ1) is 20.3. The van der Waals surface area contributed by atoms with Crippen LogP contribution in [0.25, 0.3) is 28.0 Å². The molecule has 1 unspecified atom stereocenters. The van der Waals surface area contributed by atoms with E-state index < -0.39 is 22.5 Å². The molecule has 0 radical (unpaired) electrons. The van der Waals surface area contributed by atoms with Crippen molar-refractivity contribution in [2.45, 2.75) is 24.4 Å². The molecule has 0 amide bonds. The number of aromatic nitrogens is 2. The lowest BCUT2D eigenvalue weighted by Crippen LogP contribution is -2.07. The number of hydrogen-bond donors (Lipinski definition) is 0. The molecule has 0 N–H and O–H groups in total. The quantitative estimate of drug-likeness (QED) is 0.400. The van der Waals surface area contributed by atoms with E-state index in [2.05, 4.69) is 4.98 Å². The van der Waals surface area contributed by atoms with Crippen molar-refractivity contribution < 1.29 is 17.4 Å². The maximum absolute atomic E-state index is 13.4. The smallest absolute Gasteiger partial charge is 0.299 e. The van der Waals surface area contributed by atoms with E-state index in [0.29, 0.717) is 17.8 Å². The van der Waals surface area contributed by atoms with Crippen molar-refractivity contribution >= 4 is 16.4 Å². The molecule has 0 aliphatic rings. The molecule has 0 saturated carbocycles. The molecule has 4 rings (SSSR count). The zero-order valence-corrected chi connectivity index (χ0v) is 17.2. The Morgan fingerprint density at radius 1 is 0.933 bits per heavy atom. The van der Waals surface area contributed by atoms with Gasteiger partial charge in [-0.1, -0.05) is 43.3 Å². The van der Waals surface area contributed by atoms with Crippen molar-refractivity contribution in [3.8, 4) is 22.4 Å². The molecule has 0 fully saturated rings. The third-order valence-electron chi connectivity index (χ3n) is 5.04. The Bertz CT molecular complexity index is 1230. The van der Waals surface area contributed by atoms with Crippen molar-refractivity contribution in [1.29, 1.82) is 0 Å². The largest absolute Gasteiger partial charge is 0.419 e. The van der Waals surface area contributed by atoms with Crippen LogP contribution in [-0.4, -0.2) is 19.8 Å². The molecule has 2 aromatic carbocycles. The monoisotopic (exact) mass is 428 g/mol. The summed E-state index contributed by atoms with van der Waals surface area (Å²) in [5.74, 6) is 0. The first-order valence-electron chi connectivity index (χ1n) is 9.41.